The number of H-pyrrole nitrogens is 2. The number of nitrogen functional groups attached to an aromatic ring is 2. The summed E-state index contributed by atoms with van der Waals surface area (Å²) in [7, 11) is 0. The van der Waals surface area contributed by atoms with Crippen LogP contribution in [0.4, 0.5) is 11.9 Å². The summed E-state index contributed by atoms with van der Waals surface area (Å²) in [6, 6.07) is 23.8. The fraction of sp³-hybridized carbons (Fsp3) is 0.407. The Morgan fingerprint density at radius 1 is 0.539 bits per heavy atom. The summed E-state index contributed by atoms with van der Waals surface area (Å²) < 4.78 is 0. The van der Waals surface area contributed by atoms with E-state index in [2.05, 4.69) is 93.8 Å². The van der Waals surface area contributed by atoms with Gasteiger partial charge in [-0.3, -0.25) is 57.7 Å². The second-order valence-corrected chi connectivity index (χ2v) is 29.6. The third kappa shape index (κ3) is 26.4. The first kappa shape index (κ1) is 86.7. The van der Waals surface area contributed by atoms with Crippen molar-refractivity contribution in [2.75, 3.05) is 44.3 Å². The molecular formula is C81H102ClN21O12. The fourth-order valence-electron chi connectivity index (χ4n) is 13.3. The average molecular weight is 1600 g/mol. The van der Waals surface area contributed by atoms with Gasteiger partial charge in [0.05, 0.1) is 13.2 Å². The molecule has 34 heteroatoms. The van der Waals surface area contributed by atoms with Crippen LogP contribution in [-0.4, -0.2) is 204 Å². The van der Waals surface area contributed by atoms with Crippen molar-refractivity contribution in [1.29, 1.82) is 0 Å². The number of nitrogens with two attached hydrogens (primary N) is 2. The average Bonchev–Trinajstić information content (AvgIpc) is 1.81. The van der Waals surface area contributed by atoms with Crippen LogP contribution >= 0.6 is 11.6 Å². The number of aliphatic hydroxyl groups excluding tert-OH is 1. The number of halogens is 1. The second kappa shape index (κ2) is 42.6. The molecule has 3 aromatic heterocycles. The maximum absolute atomic E-state index is 15.5. The quantitative estimate of drug-likeness (QED) is 0.0245. The van der Waals surface area contributed by atoms with E-state index >= 15 is 24.0 Å². The molecule has 0 aliphatic carbocycles. The molecule has 0 bridgehead atoms. The normalized spacial score (nSPS) is 14.7. The number of aromatic amines is 2. The molecule has 18 N–H and O–H groups in total. The van der Waals surface area contributed by atoms with Crippen LogP contribution < -0.4 is 70.0 Å². The van der Waals surface area contributed by atoms with Crippen molar-refractivity contribution in [3.8, 4) is 22.8 Å². The van der Waals surface area contributed by atoms with Crippen LogP contribution in [0.3, 0.4) is 0 Å². The number of likely N-dealkylation sites (N-methyl/N-ethyl adjacent to an activating group) is 1. The maximum atomic E-state index is 15.5. The minimum atomic E-state index is -1.85. The van der Waals surface area contributed by atoms with E-state index in [9.17, 15) is 33.9 Å². The van der Waals surface area contributed by atoms with Crippen molar-refractivity contribution < 1.29 is 57.8 Å². The van der Waals surface area contributed by atoms with E-state index in [4.69, 9.17) is 23.1 Å². The number of rotatable bonds is 41. The number of nitrogens with one attached hydrogen (secondary N) is 13. The maximum Gasteiger partial charge on any atom is 0.245 e. The van der Waals surface area contributed by atoms with Crippen molar-refractivity contribution in [1.82, 2.24) is 98.7 Å². The van der Waals surface area contributed by atoms with Crippen molar-refractivity contribution in [3.63, 3.8) is 0 Å². The number of carbonyl (C=O) groups is 11. The number of hydrogen-bond acceptors (Lipinski definition) is 20. The Hall–Kier alpha value is -12.2. The number of pyridine rings is 1. The number of fused-ring (bicyclic) bond motifs is 1. The predicted octanol–water partition coefficient (Wildman–Crippen LogP) is 2.48. The van der Waals surface area contributed by atoms with Crippen LogP contribution in [-0.2, 0) is 84.8 Å². The summed E-state index contributed by atoms with van der Waals surface area (Å²) in [6.45, 7) is 10.5. The molecule has 4 heterocycles. The van der Waals surface area contributed by atoms with E-state index in [1.807, 2.05) is 70.2 Å². The molecule has 115 heavy (non-hydrogen) atoms. The summed E-state index contributed by atoms with van der Waals surface area (Å²) in [4.78, 5) is 173. The van der Waals surface area contributed by atoms with Gasteiger partial charge in [-0.2, -0.15) is 20.2 Å². The molecule has 5 aromatic carbocycles. The van der Waals surface area contributed by atoms with Crippen LogP contribution in [0, 0.1) is 5.92 Å². The van der Waals surface area contributed by atoms with Crippen LogP contribution in [0.1, 0.15) is 108 Å². The van der Waals surface area contributed by atoms with Gasteiger partial charge >= 0.3 is 0 Å². The number of unbranched alkanes of at least 4 members (excludes halogenated alkanes) is 1. The van der Waals surface area contributed by atoms with Gasteiger partial charge in [0.2, 0.25) is 76.9 Å². The summed E-state index contributed by atoms with van der Waals surface area (Å²) in [5, 5.41) is 57.7. The smallest absolute Gasteiger partial charge is 0.245 e. The molecule has 9 atom stereocenters. The minimum Gasteiger partial charge on any atom is -0.394 e. The Morgan fingerprint density at radius 3 is 1.50 bits per heavy atom. The Morgan fingerprint density at radius 2 is 1.01 bits per heavy atom. The first-order chi connectivity index (χ1) is 55.2. The molecule has 0 radical (unpaired) electrons. The number of benzene rings is 5. The summed E-state index contributed by atoms with van der Waals surface area (Å²) in [5.41, 5.74) is 15.4. The van der Waals surface area contributed by atoms with Gasteiger partial charge in [-0.1, -0.05) is 148 Å². The molecule has 0 spiro atoms. The lowest BCUT2D eigenvalue weighted by molar-refractivity contribution is -0.142. The third-order valence-corrected chi connectivity index (χ3v) is 19.4. The number of amides is 11. The lowest BCUT2D eigenvalue weighted by Gasteiger charge is -2.31. The molecule has 33 nitrogen and oxygen atoms in total. The number of hydrogen-bond donors (Lipinski definition) is 16. The van der Waals surface area contributed by atoms with Crippen LogP contribution in [0.5, 0.6) is 0 Å². The van der Waals surface area contributed by atoms with Crippen LogP contribution in [0.25, 0.3) is 33.5 Å². The number of aromatic nitrogens is 7. The fourth-order valence-corrected chi connectivity index (χ4v) is 13.5. The van der Waals surface area contributed by atoms with Crippen LogP contribution in [0.15, 0.2) is 140 Å². The van der Waals surface area contributed by atoms with Gasteiger partial charge in [-0.05, 0) is 115 Å². The van der Waals surface area contributed by atoms with Crippen LogP contribution in [0.2, 0.25) is 5.02 Å². The van der Waals surface area contributed by atoms with Gasteiger partial charge in [0.15, 0.2) is 11.6 Å². The molecule has 610 valence electrons. The van der Waals surface area contributed by atoms with Gasteiger partial charge in [0.25, 0.3) is 0 Å². The molecule has 0 saturated carbocycles. The zero-order valence-corrected chi connectivity index (χ0v) is 65.9. The van der Waals surface area contributed by atoms with Gasteiger partial charge in [-0.15, -0.1) is 0 Å². The van der Waals surface area contributed by atoms with Gasteiger partial charge in [-0.25, -0.2) is 10.2 Å². The number of likely N-dealkylation sites (tertiary alicyclic amines) is 1. The highest BCUT2D eigenvalue weighted by Gasteiger charge is 2.40. The van der Waals surface area contributed by atoms with E-state index in [-0.39, 0.29) is 93.5 Å². The highest BCUT2D eigenvalue weighted by molar-refractivity contribution is 6.30. The van der Waals surface area contributed by atoms with E-state index < -0.39 is 126 Å². The first-order valence-corrected chi connectivity index (χ1v) is 38.8. The highest BCUT2D eigenvalue weighted by Crippen LogP contribution is 2.24. The summed E-state index contributed by atoms with van der Waals surface area (Å²) >= 11 is 6.28. The number of nitrogens with zero attached hydrogens (tertiary/aromatic N) is 6. The molecule has 9 rings (SSSR count). The molecule has 1 aliphatic heterocycles. The Kier molecular flexibility index (Phi) is 32.1. The molecule has 8 aromatic rings. The van der Waals surface area contributed by atoms with Gasteiger partial charge < -0.3 is 80.0 Å². The largest absolute Gasteiger partial charge is 0.394 e. The highest BCUT2D eigenvalue weighted by atomic mass is 35.5. The molecule has 1 saturated heterocycles. The number of aliphatic hydroxyl groups is 1. The zero-order valence-electron chi connectivity index (χ0n) is 65.1. The van der Waals surface area contributed by atoms with E-state index in [1.54, 1.807) is 91.9 Å². The van der Waals surface area contributed by atoms with Gasteiger partial charge in [0.1, 0.15) is 54.4 Å². The Labute approximate surface area is 670 Å². The van der Waals surface area contributed by atoms with Crippen molar-refractivity contribution in [2.45, 2.75) is 173 Å². The van der Waals surface area contributed by atoms with E-state index in [0.717, 1.165) is 10.8 Å². The monoisotopic (exact) mass is 1600 g/mol. The summed E-state index contributed by atoms with van der Waals surface area (Å²) in [5.74, 6) is -7.84. The molecule has 1 fully saturated rings. The third-order valence-electron chi connectivity index (χ3n) is 19.2. The minimum absolute atomic E-state index is 0.0307. The lowest BCUT2D eigenvalue weighted by atomic mass is 9.98. The van der Waals surface area contributed by atoms with Gasteiger partial charge in [0, 0.05) is 86.7 Å². The summed E-state index contributed by atoms with van der Waals surface area (Å²) in [6.07, 6.45) is 4.12. The first-order valence-electron chi connectivity index (χ1n) is 38.4. The molecule has 1 aliphatic rings. The Bertz CT molecular complexity index is 4640. The zero-order chi connectivity index (χ0) is 82.7. The lowest BCUT2D eigenvalue weighted by Crippen LogP contribution is -2.62. The number of carbonyl (C=O) groups excluding carboxylic acids is 11. The van der Waals surface area contributed by atoms with E-state index in [1.165, 1.54) is 24.2 Å². The number of anilines is 2. The van der Waals surface area contributed by atoms with Crippen molar-refractivity contribution in [2.24, 2.45) is 5.92 Å². The topological polar surface area (TPSA) is 492 Å². The van der Waals surface area contributed by atoms with Crippen molar-refractivity contribution in [3.05, 3.63) is 173 Å². The predicted molar refractivity (Wildman–Crippen MR) is 432 cm³/mol. The standard InChI is InChI=1S/C81H102ClN21O12/c1-7-86-68(106)44-88-78(114)67-18-13-35-103(67)79(115)59(17-10-11-34-87-47(4)5)90-71(107)60(36-46(2)3)91-73(109)62(38-49-19-27-55(28-20-49)69-97-80(83)101-99-69)93-75(111)64(39-50-21-29-56(30-22-50)70-98-81(84)102-100-70)95-77(113)66(45-104)96-76(112)65(42-53-14-12-33-85-43-53)94-74(110)63(40-51-24-31-58(82)32-25-51)92-72(108)61(89-48(6)105)41-52-23-26-54-15-8-9-16-57(54)37-52/h8-9,12,14-16,19-33,37,43,46-47,59-67,87,104H,7,10-11,13,17-18,34-36,38-42,44-45H2,1-6H3,(H,86,106)(H,88,114)(H,89,105)(H,90,107)(H,91,109)(H,92,108)(H,93,111)(H,94,110)(H,95,113)(H,96,112)(H3,83,97,99,101)(H3,84,98,100,102)/t59-,60-,61+,62-,63-,64-,65+,66-,67+/m0/s1. The molecular weight excluding hydrogens is 1490 g/mol. The van der Waals surface area contributed by atoms with Crippen molar-refractivity contribution >= 4 is 99.2 Å². The Balaban J connectivity index is 0.998. The SMILES string of the molecule is CCNC(=O)CNC(=O)[C@H]1CCCN1C(=O)[C@H](CCCCNC(C)C)NC(=O)[C@H](CC(C)C)NC(=O)[C@H](Cc1ccc(-c2n[nH]c(N)n2)cc1)NC(=O)[C@H](Cc1ccc(-c2n[nH]c(N)n2)cc1)NC(=O)[C@H](CO)NC(=O)[C@@H](Cc1cccnc1)NC(=O)[C@H](Cc1ccc(Cl)cc1)NC(=O)[C@@H](Cc1ccc2ccccc2c1)NC(C)=O. The molecule has 0 unspecified atom stereocenters. The van der Waals surface area contributed by atoms with E-state index in [0.29, 0.717) is 82.7 Å². The second-order valence-electron chi connectivity index (χ2n) is 29.1. The molecule has 11 amide bonds.